The lowest BCUT2D eigenvalue weighted by molar-refractivity contribution is -0.129. The van der Waals surface area contributed by atoms with E-state index in [0.717, 1.165) is 19.5 Å². The van der Waals surface area contributed by atoms with Crippen molar-refractivity contribution in [2.45, 2.75) is 18.9 Å². The Morgan fingerprint density at radius 2 is 2.21 bits per heavy atom. The van der Waals surface area contributed by atoms with Crippen molar-refractivity contribution in [1.29, 1.82) is 0 Å². The SMILES string of the molecule is CN1CCCC(CNC(=O)C(O)c2ccccc2)C1. The predicted molar refractivity (Wildman–Crippen MR) is 74.6 cm³/mol. The molecule has 2 atom stereocenters. The Balaban J connectivity index is 1.81. The van der Waals surface area contributed by atoms with E-state index < -0.39 is 6.10 Å². The lowest BCUT2D eigenvalue weighted by Gasteiger charge is -2.29. The van der Waals surface area contributed by atoms with Gasteiger partial charge in [0.1, 0.15) is 0 Å². The highest BCUT2D eigenvalue weighted by molar-refractivity contribution is 5.81. The molecule has 2 unspecified atom stereocenters. The minimum atomic E-state index is -1.07. The number of carbonyl (C=O) groups excluding carboxylic acids is 1. The normalized spacial score (nSPS) is 21.9. The average Bonchev–Trinajstić information content (AvgIpc) is 2.45. The summed E-state index contributed by atoms with van der Waals surface area (Å²) in [5.41, 5.74) is 0.640. The van der Waals surface area contributed by atoms with Gasteiger partial charge in [-0.15, -0.1) is 0 Å². The molecule has 104 valence electrons. The van der Waals surface area contributed by atoms with Crippen LogP contribution in [0.15, 0.2) is 30.3 Å². The first-order chi connectivity index (χ1) is 9.16. The fourth-order valence-corrected chi connectivity index (χ4v) is 2.57. The Kier molecular flexibility index (Phi) is 4.93. The summed E-state index contributed by atoms with van der Waals surface area (Å²) in [6.07, 6.45) is 1.26. The van der Waals surface area contributed by atoms with Gasteiger partial charge in [0.25, 0.3) is 5.91 Å². The molecule has 0 saturated carbocycles. The van der Waals surface area contributed by atoms with Crippen LogP contribution in [0.2, 0.25) is 0 Å². The molecule has 0 aliphatic carbocycles. The molecule has 19 heavy (non-hydrogen) atoms. The van der Waals surface area contributed by atoms with Crippen LogP contribution in [0.3, 0.4) is 0 Å². The zero-order chi connectivity index (χ0) is 13.7. The first-order valence-corrected chi connectivity index (χ1v) is 6.86. The Morgan fingerprint density at radius 1 is 1.47 bits per heavy atom. The molecule has 4 heteroatoms. The van der Waals surface area contributed by atoms with Gasteiger partial charge in [-0.25, -0.2) is 0 Å². The number of aliphatic hydroxyl groups excluding tert-OH is 1. The van der Waals surface area contributed by atoms with Gasteiger partial charge in [0.15, 0.2) is 6.10 Å². The number of amides is 1. The van der Waals surface area contributed by atoms with Crippen molar-refractivity contribution < 1.29 is 9.90 Å². The van der Waals surface area contributed by atoms with Crippen molar-refractivity contribution in [2.75, 3.05) is 26.7 Å². The second-order valence-electron chi connectivity index (χ2n) is 5.33. The minimum absolute atomic E-state index is 0.306. The first-order valence-electron chi connectivity index (χ1n) is 6.86. The van der Waals surface area contributed by atoms with Crippen molar-refractivity contribution in [1.82, 2.24) is 10.2 Å². The number of piperidine rings is 1. The zero-order valence-corrected chi connectivity index (χ0v) is 11.4. The quantitative estimate of drug-likeness (QED) is 0.856. The Bertz CT molecular complexity index is 408. The number of carbonyl (C=O) groups is 1. The van der Waals surface area contributed by atoms with Crippen LogP contribution in [-0.2, 0) is 4.79 Å². The largest absolute Gasteiger partial charge is 0.378 e. The number of likely N-dealkylation sites (tertiary alicyclic amines) is 1. The van der Waals surface area contributed by atoms with Crippen LogP contribution >= 0.6 is 0 Å². The Morgan fingerprint density at radius 3 is 2.89 bits per heavy atom. The minimum Gasteiger partial charge on any atom is -0.378 e. The second-order valence-corrected chi connectivity index (χ2v) is 5.33. The molecule has 1 aliphatic rings. The molecule has 0 bridgehead atoms. The highest BCUT2D eigenvalue weighted by Gasteiger charge is 2.21. The molecule has 2 rings (SSSR count). The summed E-state index contributed by atoms with van der Waals surface area (Å²) in [5.74, 6) is 0.185. The van der Waals surface area contributed by atoms with Crippen molar-refractivity contribution >= 4 is 5.91 Å². The summed E-state index contributed by atoms with van der Waals surface area (Å²) in [6, 6.07) is 9.03. The number of hydrogen-bond acceptors (Lipinski definition) is 3. The van der Waals surface area contributed by atoms with E-state index in [1.165, 1.54) is 6.42 Å². The van der Waals surface area contributed by atoms with Crippen LogP contribution in [0.1, 0.15) is 24.5 Å². The van der Waals surface area contributed by atoms with Gasteiger partial charge in [-0.3, -0.25) is 4.79 Å². The fraction of sp³-hybridized carbons (Fsp3) is 0.533. The van der Waals surface area contributed by atoms with Gasteiger partial charge in [0, 0.05) is 13.1 Å². The van der Waals surface area contributed by atoms with Gasteiger partial charge in [-0.05, 0) is 37.9 Å². The maximum atomic E-state index is 11.9. The van der Waals surface area contributed by atoms with Crippen LogP contribution in [0.25, 0.3) is 0 Å². The molecular formula is C15H22N2O2. The van der Waals surface area contributed by atoms with Crippen LogP contribution in [-0.4, -0.2) is 42.6 Å². The molecular weight excluding hydrogens is 240 g/mol. The summed E-state index contributed by atoms with van der Waals surface area (Å²) in [7, 11) is 2.10. The van der Waals surface area contributed by atoms with Gasteiger partial charge in [-0.1, -0.05) is 30.3 Å². The smallest absolute Gasteiger partial charge is 0.253 e. The number of aliphatic hydroxyl groups is 1. The standard InChI is InChI=1S/C15H22N2O2/c1-17-9-5-6-12(11-17)10-16-15(19)14(18)13-7-3-2-4-8-13/h2-4,7-8,12,14,18H,5-6,9-11H2,1H3,(H,16,19). The van der Waals surface area contributed by atoms with E-state index in [2.05, 4.69) is 17.3 Å². The van der Waals surface area contributed by atoms with Crippen LogP contribution in [0.5, 0.6) is 0 Å². The molecule has 1 heterocycles. The summed E-state index contributed by atoms with van der Waals surface area (Å²) >= 11 is 0. The van der Waals surface area contributed by atoms with Crippen LogP contribution in [0.4, 0.5) is 0 Å². The summed E-state index contributed by atoms with van der Waals surface area (Å²) in [5, 5.41) is 12.8. The van der Waals surface area contributed by atoms with E-state index in [-0.39, 0.29) is 5.91 Å². The first kappa shape index (κ1) is 14.0. The lowest BCUT2D eigenvalue weighted by atomic mass is 9.98. The summed E-state index contributed by atoms with van der Waals surface area (Å²) in [4.78, 5) is 14.2. The Labute approximate surface area is 114 Å². The number of hydrogen-bond donors (Lipinski definition) is 2. The van der Waals surface area contributed by atoms with Crippen molar-refractivity contribution in [3.8, 4) is 0 Å². The van der Waals surface area contributed by atoms with Crippen molar-refractivity contribution in [3.05, 3.63) is 35.9 Å². The van der Waals surface area contributed by atoms with Gasteiger partial charge in [0.05, 0.1) is 0 Å². The molecule has 1 aromatic carbocycles. The van der Waals surface area contributed by atoms with E-state index in [1.54, 1.807) is 12.1 Å². The number of nitrogens with one attached hydrogen (secondary N) is 1. The van der Waals surface area contributed by atoms with E-state index in [1.807, 2.05) is 18.2 Å². The molecule has 4 nitrogen and oxygen atoms in total. The molecule has 0 aromatic heterocycles. The zero-order valence-electron chi connectivity index (χ0n) is 11.4. The number of nitrogens with zero attached hydrogens (tertiary/aromatic N) is 1. The topological polar surface area (TPSA) is 52.6 Å². The van der Waals surface area contributed by atoms with Gasteiger partial charge >= 0.3 is 0 Å². The third kappa shape index (κ3) is 4.04. The van der Waals surface area contributed by atoms with Gasteiger partial charge < -0.3 is 15.3 Å². The van der Waals surface area contributed by atoms with Crippen molar-refractivity contribution in [2.24, 2.45) is 5.92 Å². The monoisotopic (exact) mass is 262 g/mol. The number of rotatable bonds is 4. The lowest BCUT2D eigenvalue weighted by Crippen LogP contribution is -2.40. The molecule has 1 aliphatic heterocycles. The molecule has 1 fully saturated rings. The molecule has 1 amide bonds. The number of benzene rings is 1. The van der Waals surface area contributed by atoms with E-state index in [9.17, 15) is 9.90 Å². The summed E-state index contributed by atoms with van der Waals surface area (Å²) < 4.78 is 0. The highest BCUT2D eigenvalue weighted by Crippen LogP contribution is 2.15. The van der Waals surface area contributed by atoms with E-state index in [4.69, 9.17) is 0 Å². The summed E-state index contributed by atoms with van der Waals surface area (Å²) in [6.45, 7) is 2.80. The predicted octanol–water partition coefficient (Wildman–Crippen LogP) is 1.18. The van der Waals surface area contributed by atoms with E-state index in [0.29, 0.717) is 18.0 Å². The molecule has 1 aromatic rings. The third-order valence-corrected chi connectivity index (χ3v) is 3.65. The van der Waals surface area contributed by atoms with E-state index >= 15 is 0 Å². The third-order valence-electron chi connectivity index (χ3n) is 3.65. The Hall–Kier alpha value is -1.39. The van der Waals surface area contributed by atoms with Gasteiger partial charge in [-0.2, -0.15) is 0 Å². The highest BCUT2D eigenvalue weighted by atomic mass is 16.3. The maximum Gasteiger partial charge on any atom is 0.253 e. The molecule has 2 N–H and O–H groups in total. The molecule has 0 spiro atoms. The van der Waals surface area contributed by atoms with Crippen LogP contribution < -0.4 is 5.32 Å². The molecule has 1 saturated heterocycles. The molecule has 0 radical (unpaired) electrons. The van der Waals surface area contributed by atoms with Crippen molar-refractivity contribution in [3.63, 3.8) is 0 Å². The fourth-order valence-electron chi connectivity index (χ4n) is 2.57. The van der Waals surface area contributed by atoms with Gasteiger partial charge in [0.2, 0.25) is 0 Å². The van der Waals surface area contributed by atoms with Crippen LogP contribution in [0, 0.1) is 5.92 Å². The maximum absolute atomic E-state index is 11.9. The second kappa shape index (κ2) is 6.68. The average molecular weight is 262 g/mol.